The van der Waals surface area contributed by atoms with Gasteiger partial charge in [0.05, 0.1) is 11.5 Å². The molecular formula is C25H20ClF3N2O3. The number of nitrogens with one attached hydrogen (secondary N) is 1. The third-order valence-electron chi connectivity index (χ3n) is 5.45. The minimum Gasteiger partial charge on any atom is -0.485 e. The molecule has 1 amide bonds. The second kappa shape index (κ2) is 9.38. The largest absolute Gasteiger partial charge is 0.485 e. The van der Waals surface area contributed by atoms with Gasteiger partial charge in [-0.3, -0.25) is 9.59 Å². The fourth-order valence-corrected chi connectivity index (χ4v) is 3.67. The number of para-hydroxylation sites is 1. The van der Waals surface area contributed by atoms with Gasteiger partial charge in [-0.2, -0.15) is 13.2 Å². The third kappa shape index (κ3) is 5.34. The number of alkyl halides is 3. The molecule has 1 aliphatic rings. The van der Waals surface area contributed by atoms with Crippen LogP contribution in [-0.4, -0.2) is 29.5 Å². The van der Waals surface area contributed by atoms with Crippen LogP contribution in [0.5, 0.6) is 5.75 Å². The average Bonchev–Trinajstić information content (AvgIpc) is 3.57. The van der Waals surface area contributed by atoms with Gasteiger partial charge in [0.25, 0.3) is 5.91 Å². The molecule has 5 nitrogen and oxygen atoms in total. The maximum Gasteiger partial charge on any atom is 0.391 e. The molecule has 1 saturated carbocycles. The van der Waals surface area contributed by atoms with E-state index in [1.807, 2.05) is 30.3 Å². The van der Waals surface area contributed by atoms with Crippen molar-refractivity contribution < 1.29 is 27.5 Å². The van der Waals surface area contributed by atoms with E-state index in [1.165, 1.54) is 0 Å². The van der Waals surface area contributed by atoms with Crippen LogP contribution in [0.1, 0.15) is 33.6 Å². The van der Waals surface area contributed by atoms with Gasteiger partial charge in [0.1, 0.15) is 5.75 Å². The number of aromatic nitrogens is 1. The van der Waals surface area contributed by atoms with Crippen molar-refractivity contribution in [2.24, 2.45) is 11.7 Å². The average molecular weight is 489 g/mol. The first kappa shape index (κ1) is 23.6. The molecule has 1 heterocycles. The van der Waals surface area contributed by atoms with E-state index in [1.54, 1.807) is 30.5 Å². The van der Waals surface area contributed by atoms with Gasteiger partial charge in [-0.1, -0.05) is 35.9 Å². The highest BCUT2D eigenvalue weighted by Gasteiger charge is 2.46. The smallest absolute Gasteiger partial charge is 0.391 e. The number of nitrogens with two attached hydrogens (primary N) is 1. The summed E-state index contributed by atoms with van der Waals surface area (Å²) in [5.41, 5.74) is 7.10. The Morgan fingerprint density at radius 2 is 1.76 bits per heavy atom. The van der Waals surface area contributed by atoms with Crippen molar-refractivity contribution in [2.75, 3.05) is 6.61 Å². The first-order valence-corrected chi connectivity index (χ1v) is 10.8. The number of amides is 1. The van der Waals surface area contributed by atoms with Crippen LogP contribution in [0.3, 0.4) is 0 Å². The summed E-state index contributed by atoms with van der Waals surface area (Å²) in [4.78, 5) is 27.5. The van der Waals surface area contributed by atoms with Crippen LogP contribution in [0.4, 0.5) is 13.2 Å². The number of benzene rings is 3. The lowest BCUT2D eigenvalue weighted by atomic mass is 10.1. The predicted molar refractivity (Wildman–Crippen MR) is 124 cm³/mol. The Balaban J connectivity index is 0.000000336. The minimum absolute atomic E-state index is 0.195. The highest BCUT2D eigenvalue weighted by atomic mass is 35.5. The topological polar surface area (TPSA) is 85.2 Å². The standard InChI is InChI=1S/C21H15ClN2O3.C4H5F3/c22-14-6-5-12-9-20(16(21(23)26)8-13(12)7-14)27-11-19(25)17-10-24-18-4-2-1-3-15(17)18;5-4(6,7)3-1-2-3/h1-10,24H,11H2,(H2,23,26);3H,1-2H2. The number of fused-ring (bicyclic) bond motifs is 2. The number of carbonyl (C=O) groups excluding carboxylic acids is 2. The zero-order chi connectivity index (χ0) is 24.5. The zero-order valence-corrected chi connectivity index (χ0v) is 18.5. The minimum atomic E-state index is -3.89. The van der Waals surface area contributed by atoms with Gasteiger partial charge in [0.15, 0.2) is 6.61 Å². The molecule has 3 N–H and O–H groups in total. The van der Waals surface area contributed by atoms with Gasteiger partial charge in [0.2, 0.25) is 5.78 Å². The number of ketones is 1. The summed E-state index contributed by atoms with van der Waals surface area (Å²) in [5.74, 6) is -1.51. The summed E-state index contributed by atoms with van der Waals surface area (Å²) in [6.45, 7) is -0.207. The Hall–Kier alpha value is -3.52. The lowest BCUT2D eigenvalue weighted by Gasteiger charge is -2.11. The first-order chi connectivity index (χ1) is 16.1. The van der Waals surface area contributed by atoms with Crippen molar-refractivity contribution in [3.8, 4) is 5.75 Å². The molecule has 1 fully saturated rings. The van der Waals surface area contributed by atoms with E-state index < -0.39 is 18.0 Å². The number of aromatic amines is 1. The molecule has 34 heavy (non-hydrogen) atoms. The van der Waals surface area contributed by atoms with Gasteiger partial charge >= 0.3 is 6.18 Å². The molecule has 0 saturated heterocycles. The summed E-state index contributed by atoms with van der Waals surface area (Å²) < 4.78 is 39.4. The summed E-state index contributed by atoms with van der Waals surface area (Å²) >= 11 is 6.00. The molecule has 1 aliphatic carbocycles. The molecule has 176 valence electrons. The summed E-state index contributed by atoms with van der Waals surface area (Å²) in [5, 5.41) is 2.99. The number of ether oxygens (including phenoxy) is 1. The van der Waals surface area contributed by atoms with Crippen LogP contribution >= 0.6 is 11.6 Å². The zero-order valence-electron chi connectivity index (χ0n) is 17.8. The number of rotatable bonds is 5. The quantitative estimate of drug-likeness (QED) is 0.323. The summed E-state index contributed by atoms with van der Waals surface area (Å²) in [7, 11) is 0. The van der Waals surface area contributed by atoms with E-state index >= 15 is 0 Å². The van der Waals surface area contributed by atoms with Gasteiger partial charge in [-0.05, 0) is 53.9 Å². The van der Waals surface area contributed by atoms with Crippen LogP contribution in [0.2, 0.25) is 5.02 Å². The normalized spacial score (nSPS) is 13.4. The number of Topliss-reactive ketones (excluding diaryl/α,β-unsaturated/α-hetero) is 1. The highest BCUT2D eigenvalue weighted by molar-refractivity contribution is 6.31. The molecule has 1 aromatic heterocycles. The number of primary amides is 1. The van der Waals surface area contributed by atoms with Crippen molar-refractivity contribution in [1.82, 2.24) is 4.98 Å². The molecule has 0 aliphatic heterocycles. The van der Waals surface area contributed by atoms with Gasteiger partial charge in [0, 0.05) is 27.7 Å². The highest BCUT2D eigenvalue weighted by Crippen LogP contribution is 2.43. The van der Waals surface area contributed by atoms with Gasteiger partial charge in [-0.25, -0.2) is 0 Å². The van der Waals surface area contributed by atoms with E-state index in [2.05, 4.69) is 4.98 Å². The number of H-pyrrole nitrogens is 1. The maximum absolute atomic E-state index is 12.6. The molecule has 9 heteroatoms. The number of halogens is 4. The Labute approximate surface area is 197 Å². The monoisotopic (exact) mass is 488 g/mol. The second-order valence-electron chi connectivity index (χ2n) is 7.98. The Morgan fingerprint density at radius 1 is 1.03 bits per heavy atom. The molecule has 0 spiro atoms. The van der Waals surface area contributed by atoms with Crippen LogP contribution in [0, 0.1) is 5.92 Å². The first-order valence-electron chi connectivity index (χ1n) is 10.5. The van der Waals surface area contributed by atoms with Crippen LogP contribution in [0.25, 0.3) is 21.7 Å². The molecule has 0 unspecified atom stereocenters. The van der Waals surface area contributed by atoms with Crippen molar-refractivity contribution >= 4 is 45.0 Å². The summed E-state index contributed by atoms with van der Waals surface area (Å²) in [6, 6.07) is 16.1. The van der Waals surface area contributed by atoms with Gasteiger partial charge in [-0.15, -0.1) is 0 Å². The maximum atomic E-state index is 12.6. The Kier molecular flexibility index (Phi) is 6.52. The second-order valence-corrected chi connectivity index (χ2v) is 8.42. The van der Waals surface area contributed by atoms with Crippen LogP contribution < -0.4 is 10.5 Å². The molecular weight excluding hydrogens is 469 g/mol. The van der Waals surface area contributed by atoms with E-state index in [-0.39, 0.29) is 23.7 Å². The van der Waals surface area contributed by atoms with Crippen molar-refractivity contribution in [1.29, 1.82) is 0 Å². The van der Waals surface area contributed by atoms with E-state index in [0.29, 0.717) is 23.4 Å². The Bertz CT molecular complexity index is 1380. The Morgan fingerprint density at radius 3 is 2.41 bits per heavy atom. The van der Waals surface area contributed by atoms with Crippen LogP contribution in [0.15, 0.2) is 60.8 Å². The SMILES string of the molecule is FC(F)(F)C1CC1.NC(=O)c1cc2cc(Cl)ccc2cc1OCC(=O)c1c[nH]c2ccccc12. The van der Waals surface area contributed by atoms with Crippen molar-refractivity contribution in [3.05, 3.63) is 76.9 Å². The fraction of sp³-hybridized carbons (Fsp3) is 0.200. The number of hydrogen-bond donors (Lipinski definition) is 2. The van der Waals surface area contributed by atoms with E-state index in [4.69, 9.17) is 22.1 Å². The molecule has 3 aromatic carbocycles. The van der Waals surface area contributed by atoms with E-state index in [0.717, 1.165) is 21.7 Å². The molecule has 4 aromatic rings. The van der Waals surface area contributed by atoms with E-state index in [9.17, 15) is 22.8 Å². The molecule has 5 rings (SSSR count). The van der Waals surface area contributed by atoms with Crippen molar-refractivity contribution in [2.45, 2.75) is 19.0 Å². The molecule has 0 bridgehead atoms. The van der Waals surface area contributed by atoms with Crippen molar-refractivity contribution in [3.63, 3.8) is 0 Å². The third-order valence-corrected chi connectivity index (χ3v) is 5.69. The number of hydrogen-bond acceptors (Lipinski definition) is 3. The van der Waals surface area contributed by atoms with Gasteiger partial charge < -0.3 is 15.5 Å². The lowest BCUT2D eigenvalue weighted by Crippen LogP contribution is -2.16. The summed E-state index contributed by atoms with van der Waals surface area (Å²) in [6.07, 6.45) is -1.53. The molecule has 0 radical (unpaired) electrons. The fourth-order valence-electron chi connectivity index (χ4n) is 3.49. The lowest BCUT2D eigenvalue weighted by molar-refractivity contribution is -0.147. The number of carbonyl (C=O) groups is 2. The predicted octanol–water partition coefficient (Wildman–Crippen LogP) is 6.29. The van der Waals surface area contributed by atoms with Crippen LogP contribution in [-0.2, 0) is 0 Å². The molecule has 0 atom stereocenters.